The number of amides is 1. The first-order valence-electron chi connectivity index (χ1n) is 6.13. The molecular formula is C14H18BrNO3. The Bertz CT molecular complexity index is 472. The van der Waals surface area contributed by atoms with Crippen molar-refractivity contribution in [1.82, 2.24) is 0 Å². The van der Waals surface area contributed by atoms with E-state index in [9.17, 15) is 9.90 Å². The molecule has 2 rings (SSSR count). The predicted octanol–water partition coefficient (Wildman–Crippen LogP) is 2.19. The van der Waals surface area contributed by atoms with E-state index >= 15 is 0 Å². The molecule has 1 fully saturated rings. The van der Waals surface area contributed by atoms with E-state index < -0.39 is 6.10 Å². The minimum atomic E-state index is -0.922. The summed E-state index contributed by atoms with van der Waals surface area (Å²) < 4.78 is 5.10. The summed E-state index contributed by atoms with van der Waals surface area (Å²) in [5, 5.41) is 10.6. The van der Waals surface area contributed by atoms with Gasteiger partial charge in [0.25, 0.3) is 5.91 Å². The van der Waals surface area contributed by atoms with Crippen LogP contribution in [0.1, 0.15) is 13.8 Å². The van der Waals surface area contributed by atoms with Crippen molar-refractivity contribution in [3.05, 3.63) is 24.3 Å². The van der Waals surface area contributed by atoms with Crippen molar-refractivity contribution in [2.45, 2.75) is 26.0 Å². The average Bonchev–Trinajstić information content (AvgIpc) is 2.43. The van der Waals surface area contributed by atoms with Crippen LogP contribution in [0.15, 0.2) is 24.3 Å². The molecule has 4 nitrogen and oxygen atoms in total. The van der Waals surface area contributed by atoms with E-state index in [2.05, 4.69) is 15.9 Å². The lowest BCUT2D eigenvalue weighted by Crippen LogP contribution is -2.70. The number of hydrogen-bond donors (Lipinski definition) is 1. The number of hydrogen-bond acceptors (Lipinski definition) is 3. The molecule has 2 atom stereocenters. The molecule has 1 saturated heterocycles. The van der Waals surface area contributed by atoms with Crippen LogP contribution in [0.25, 0.3) is 0 Å². The summed E-state index contributed by atoms with van der Waals surface area (Å²) in [6.45, 7) is 4.05. The lowest BCUT2D eigenvalue weighted by Gasteiger charge is -2.51. The molecule has 0 bridgehead atoms. The molecule has 0 aliphatic carbocycles. The normalized spacial score (nSPS) is 23.2. The molecule has 1 aliphatic heterocycles. The highest BCUT2D eigenvalue weighted by Gasteiger charge is 2.53. The van der Waals surface area contributed by atoms with Crippen LogP contribution >= 0.6 is 15.9 Å². The van der Waals surface area contributed by atoms with Crippen molar-refractivity contribution < 1.29 is 14.6 Å². The zero-order valence-corrected chi connectivity index (χ0v) is 12.8. The molecule has 0 saturated carbocycles. The number of carbonyl (C=O) groups excluding carboxylic acids is 1. The van der Waals surface area contributed by atoms with Gasteiger partial charge in [-0.25, -0.2) is 0 Å². The van der Waals surface area contributed by atoms with Gasteiger partial charge in [-0.3, -0.25) is 4.79 Å². The number of β-lactam (4-membered cyclic amide) rings is 1. The second-order valence-electron chi connectivity index (χ2n) is 5.42. The first kappa shape index (κ1) is 14.3. The number of nitrogens with zero attached hydrogens (tertiary/aromatic N) is 1. The Labute approximate surface area is 121 Å². The van der Waals surface area contributed by atoms with E-state index in [1.165, 1.54) is 0 Å². The van der Waals surface area contributed by atoms with Gasteiger partial charge in [-0.1, -0.05) is 29.8 Å². The number of ether oxygens (including phenoxy) is 1. The zero-order valence-electron chi connectivity index (χ0n) is 11.3. The van der Waals surface area contributed by atoms with Gasteiger partial charge in [0.05, 0.1) is 13.2 Å². The maximum Gasteiger partial charge on any atom is 0.258 e. The van der Waals surface area contributed by atoms with Crippen LogP contribution in [0.3, 0.4) is 0 Å². The van der Waals surface area contributed by atoms with E-state index in [-0.39, 0.29) is 17.4 Å². The topological polar surface area (TPSA) is 49.8 Å². The summed E-state index contributed by atoms with van der Waals surface area (Å²) in [6.07, 6.45) is -0.922. The molecule has 1 aliphatic rings. The summed E-state index contributed by atoms with van der Waals surface area (Å²) >= 11 is 3.45. The molecule has 0 spiro atoms. The van der Waals surface area contributed by atoms with Crippen molar-refractivity contribution in [3.63, 3.8) is 0 Å². The second-order valence-corrected chi connectivity index (χ2v) is 5.98. The van der Waals surface area contributed by atoms with Gasteiger partial charge in [-0.2, -0.15) is 0 Å². The third-order valence-electron chi connectivity index (χ3n) is 3.56. The Morgan fingerprint density at radius 3 is 2.42 bits per heavy atom. The Kier molecular flexibility index (Phi) is 3.87. The molecule has 1 aromatic carbocycles. The van der Waals surface area contributed by atoms with Crippen LogP contribution in [0.2, 0.25) is 0 Å². The second kappa shape index (κ2) is 5.13. The molecule has 1 N–H and O–H groups in total. The highest BCUT2D eigenvalue weighted by Crippen LogP contribution is 2.40. The maximum absolute atomic E-state index is 11.9. The third kappa shape index (κ3) is 2.37. The Balaban J connectivity index is 2.29. The molecule has 104 valence electrons. The fourth-order valence-corrected chi connectivity index (χ4v) is 2.69. The van der Waals surface area contributed by atoms with Gasteiger partial charge in [0.15, 0.2) is 6.10 Å². The van der Waals surface area contributed by atoms with E-state index in [4.69, 9.17) is 4.74 Å². The number of aliphatic hydroxyl groups excluding tert-OH is 1. The Morgan fingerprint density at radius 1 is 1.37 bits per heavy atom. The van der Waals surface area contributed by atoms with Crippen LogP contribution in [-0.2, 0) is 4.79 Å². The van der Waals surface area contributed by atoms with Crippen LogP contribution in [0, 0.1) is 5.41 Å². The summed E-state index contributed by atoms with van der Waals surface area (Å²) in [5.41, 5.74) is 0.586. The van der Waals surface area contributed by atoms with E-state index in [0.29, 0.717) is 5.33 Å². The van der Waals surface area contributed by atoms with Crippen molar-refractivity contribution in [2.24, 2.45) is 5.41 Å². The standard InChI is InChI=1S/C14H18BrNO3/c1-14(2,8-15)12-11(17)13(18)16(12)9-4-6-10(19-3)7-5-9/h4-7,11-12,17H,8H2,1-3H3/t11-,12-/m0/s1. The number of methoxy groups -OCH3 is 1. The summed E-state index contributed by atoms with van der Waals surface area (Å²) in [5.74, 6) is 0.498. The predicted molar refractivity (Wildman–Crippen MR) is 77.8 cm³/mol. The SMILES string of the molecule is COc1ccc(N2C(=O)[C@@H](O)[C@H]2C(C)(C)CBr)cc1. The van der Waals surface area contributed by atoms with Crippen LogP contribution < -0.4 is 9.64 Å². The number of halogens is 1. The largest absolute Gasteiger partial charge is 0.497 e. The van der Waals surface area contributed by atoms with Gasteiger partial charge < -0.3 is 14.7 Å². The van der Waals surface area contributed by atoms with Crippen molar-refractivity contribution >= 4 is 27.5 Å². The number of alkyl halides is 1. The highest BCUT2D eigenvalue weighted by molar-refractivity contribution is 9.09. The molecule has 0 aromatic heterocycles. The molecule has 0 radical (unpaired) electrons. The molecule has 5 heteroatoms. The van der Waals surface area contributed by atoms with E-state index in [1.54, 1.807) is 12.0 Å². The number of benzene rings is 1. The van der Waals surface area contributed by atoms with Gasteiger partial charge in [0.2, 0.25) is 0 Å². The first-order valence-corrected chi connectivity index (χ1v) is 7.25. The minimum Gasteiger partial charge on any atom is -0.497 e. The first-order chi connectivity index (χ1) is 8.92. The van der Waals surface area contributed by atoms with Gasteiger partial charge in [0.1, 0.15) is 5.75 Å². The molecule has 1 heterocycles. The fourth-order valence-electron chi connectivity index (χ4n) is 2.36. The maximum atomic E-state index is 11.9. The highest BCUT2D eigenvalue weighted by atomic mass is 79.9. The quantitative estimate of drug-likeness (QED) is 0.681. The minimum absolute atomic E-state index is 0.201. The molecular weight excluding hydrogens is 310 g/mol. The van der Waals surface area contributed by atoms with Crippen LogP contribution in [0.5, 0.6) is 5.75 Å². The average molecular weight is 328 g/mol. The summed E-state index contributed by atoms with van der Waals surface area (Å²) in [7, 11) is 1.60. The van der Waals surface area contributed by atoms with E-state index in [1.807, 2.05) is 38.1 Å². The van der Waals surface area contributed by atoms with Crippen LogP contribution in [0.4, 0.5) is 5.69 Å². The number of aliphatic hydroxyl groups is 1. The molecule has 19 heavy (non-hydrogen) atoms. The van der Waals surface area contributed by atoms with Crippen molar-refractivity contribution in [3.8, 4) is 5.75 Å². The Hall–Kier alpha value is -1.07. The van der Waals surface area contributed by atoms with E-state index in [0.717, 1.165) is 11.4 Å². The molecule has 1 aromatic rings. The Morgan fingerprint density at radius 2 is 1.95 bits per heavy atom. The number of anilines is 1. The lowest BCUT2D eigenvalue weighted by molar-refractivity contribution is -0.140. The molecule has 1 amide bonds. The molecule has 0 unspecified atom stereocenters. The zero-order chi connectivity index (χ0) is 14.2. The lowest BCUT2D eigenvalue weighted by atomic mass is 9.76. The smallest absolute Gasteiger partial charge is 0.258 e. The third-order valence-corrected chi connectivity index (χ3v) is 5.01. The summed E-state index contributed by atoms with van der Waals surface area (Å²) in [6, 6.07) is 7.07. The van der Waals surface area contributed by atoms with Gasteiger partial charge in [0, 0.05) is 11.0 Å². The summed E-state index contributed by atoms with van der Waals surface area (Å²) in [4.78, 5) is 13.6. The van der Waals surface area contributed by atoms with Gasteiger partial charge in [-0.05, 0) is 29.7 Å². The van der Waals surface area contributed by atoms with Crippen LogP contribution in [-0.4, -0.2) is 35.6 Å². The number of carbonyl (C=O) groups is 1. The van der Waals surface area contributed by atoms with Crippen molar-refractivity contribution in [2.75, 3.05) is 17.3 Å². The van der Waals surface area contributed by atoms with Gasteiger partial charge in [-0.15, -0.1) is 0 Å². The monoisotopic (exact) mass is 327 g/mol. The van der Waals surface area contributed by atoms with Crippen molar-refractivity contribution in [1.29, 1.82) is 0 Å². The van der Waals surface area contributed by atoms with Gasteiger partial charge >= 0.3 is 0 Å². The number of rotatable bonds is 4. The fraction of sp³-hybridized carbons (Fsp3) is 0.500.